The highest BCUT2D eigenvalue weighted by molar-refractivity contribution is 6.21. The van der Waals surface area contributed by atoms with E-state index in [1.165, 1.54) is 12.1 Å². The van der Waals surface area contributed by atoms with Gasteiger partial charge in [-0.25, -0.2) is 0 Å². The molecule has 1 N–H and O–H groups in total. The number of nitro benzene ring substituents is 1. The zero-order valence-corrected chi connectivity index (χ0v) is 9.14. The van der Waals surface area contributed by atoms with Gasteiger partial charge in [-0.2, -0.15) is 0 Å². The molecule has 7 heteroatoms. The predicted octanol–water partition coefficient (Wildman–Crippen LogP) is 2.24. The van der Waals surface area contributed by atoms with Crippen LogP contribution in [0.2, 0.25) is 0 Å². The molecule has 0 saturated carbocycles. The van der Waals surface area contributed by atoms with Crippen molar-refractivity contribution in [3.8, 4) is 5.75 Å². The third-order valence-corrected chi connectivity index (χ3v) is 1.93. The summed E-state index contributed by atoms with van der Waals surface area (Å²) in [5.41, 5.74) is -0.00544. The summed E-state index contributed by atoms with van der Waals surface area (Å²) in [4.78, 5) is 9.77. The Hall–Kier alpha value is -1.82. The number of nitro groups is 1. The highest BCUT2D eigenvalue weighted by Gasteiger charge is 2.15. The molecule has 0 radical (unpaired) electrons. The van der Waals surface area contributed by atoms with Crippen molar-refractivity contribution in [1.82, 2.24) is 0 Å². The van der Waals surface area contributed by atoms with Crippen LogP contribution in [0, 0.1) is 10.1 Å². The van der Waals surface area contributed by atoms with Crippen LogP contribution in [0.3, 0.4) is 0 Å². The average molecular weight is 245 g/mol. The number of rotatable bonds is 3. The Morgan fingerprint density at radius 3 is 2.81 bits per heavy atom. The van der Waals surface area contributed by atoms with Crippen molar-refractivity contribution < 1.29 is 14.8 Å². The second kappa shape index (κ2) is 5.32. The van der Waals surface area contributed by atoms with Crippen LogP contribution in [0.4, 0.5) is 5.69 Å². The molecule has 0 heterocycles. The molecule has 0 aromatic heterocycles. The molecular formula is C9H9ClN2O4. The molecule has 0 atom stereocenters. The van der Waals surface area contributed by atoms with Gasteiger partial charge in [0.05, 0.1) is 11.5 Å². The van der Waals surface area contributed by atoms with Crippen molar-refractivity contribution in [1.29, 1.82) is 0 Å². The van der Waals surface area contributed by atoms with E-state index in [-0.39, 0.29) is 11.6 Å². The second-order valence-electron chi connectivity index (χ2n) is 2.78. The molecule has 0 aliphatic rings. The molecule has 0 amide bonds. The smallest absolute Gasteiger partial charge is 0.310 e. The summed E-state index contributed by atoms with van der Waals surface area (Å²) in [6, 6.07) is 3.73. The van der Waals surface area contributed by atoms with Gasteiger partial charge in [-0.05, 0) is 19.1 Å². The third-order valence-electron chi connectivity index (χ3n) is 1.78. The molecule has 0 unspecified atom stereocenters. The van der Waals surface area contributed by atoms with Crippen LogP contribution in [0.15, 0.2) is 22.7 Å². The van der Waals surface area contributed by atoms with E-state index in [0.717, 1.165) is 6.07 Å². The van der Waals surface area contributed by atoms with Crippen LogP contribution in [0.25, 0.3) is 0 Å². The number of aromatic hydroxyl groups is 1. The Balaban J connectivity index is 3.09. The molecule has 0 aliphatic heterocycles. The van der Waals surface area contributed by atoms with E-state index < -0.39 is 10.7 Å². The first-order valence-electron chi connectivity index (χ1n) is 4.39. The lowest BCUT2D eigenvalue weighted by molar-refractivity contribution is -0.385. The standard InChI is InChI=1S/C9H9ClN2O4/c1-2-16-9(11-10)6-3-4-7(12(14)15)8(13)5-6/h3-5,13H,2H2,1H3. The van der Waals surface area contributed by atoms with Gasteiger partial charge < -0.3 is 9.84 Å². The molecule has 0 spiro atoms. The number of benzene rings is 1. The lowest BCUT2D eigenvalue weighted by atomic mass is 10.2. The van der Waals surface area contributed by atoms with Gasteiger partial charge in [-0.1, -0.05) is 0 Å². The van der Waals surface area contributed by atoms with Gasteiger partial charge in [-0.3, -0.25) is 10.1 Å². The summed E-state index contributed by atoms with van der Waals surface area (Å²) < 4.78 is 8.42. The zero-order valence-electron chi connectivity index (χ0n) is 8.38. The van der Waals surface area contributed by atoms with Gasteiger partial charge in [0.2, 0.25) is 5.90 Å². The maximum atomic E-state index is 10.5. The number of halogens is 1. The van der Waals surface area contributed by atoms with Crippen molar-refractivity contribution >= 4 is 23.4 Å². The number of hydrogen-bond donors (Lipinski definition) is 1. The van der Waals surface area contributed by atoms with Crippen molar-refractivity contribution in [2.45, 2.75) is 6.92 Å². The van der Waals surface area contributed by atoms with E-state index in [9.17, 15) is 15.2 Å². The highest BCUT2D eigenvalue weighted by Crippen LogP contribution is 2.26. The summed E-state index contributed by atoms with van der Waals surface area (Å²) in [6.45, 7) is 2.09. The Bertz CT molecular complexity index is 434. The summed E-state index contributed by atoms with van der Waals surface area (Å²) >= 11 is 5.28. The monoisotopic (exact) mass is 244 g/mol. The molecule has 1 rings (SSSR count). The van der Waals surface area contributed by atoms with Crippen molar-refractivity contribution in [3.05, 3.63) is 33.9 Å². The normalized spacial score (nSPS) is 11.2. The van der Waals surface area contributed by atoms with E-state index in [1.807, 2.05) is 0 Å². The molecule has 1 aromatic carbocycles. The van der Waals surface area contributed by atoms with E-state index in [0.29, 0.717) is 12.2 Å². The van der Waals surface area contributed by atoms with Crippen LogP contribution in [0.5, 0.6) is 5.75 Å². The summed E-state index contributed by atoms with van der Waals surface area (Å²) in [5, 5.41) is 19.8. The van der Waals surface area contributed by atoms with Crippen molar-refractivity contribution in [2.24, 2.45) is 4.51 Å². The average Bonchev–Trinajstić information content (AvgIpc) is 2.25. The largest absolute Gasteiger partial charge is 0.502 e. The Labute approximate surface area is 96.4 Å². The lowest BCUT2D eigenvalue weighted by Gasteiger charge is -2.05. The van der Waals surface area contributed by atoms with Gasteiger partial charge in [0.15, 0.2) is 5.75 Å². The van der Waals surface area contributed by atoms with Crippen LogP contribution < -0.4 is 0 Å². The molecule has 0 saturated heterocycles. The Kier molecular flexibility index (Phi) is 4.07. The zero-order chi connectivity index (χ0) is 12.1. The Morgan fingerprint density at radius 2 is 2.38 bits per heavy atom. The molecule has 86 valence electrons. The summed E-state index contributed by atoms with van der Waals surface area (Å²) in [6.07, 6.45) is 0. The topological polar surface area (TPSA) is 85.0 Å². The first-order valence-corrected chi connectivity index (χ1v) is 4.73. The predicted molar refractivity (Wildman–Crippen MR) is 58.8 cm³/mol. The SMILES string of the molecule is CCOC(=NCl)c1ccc([N+](=O)[O-])c(O)c1. The minimum Gasteiger partial charge on any atom is -0.502 e. The quantitative estimate of drug-likeness (QED) is 0.382. The molecule has 0 aliphatic carbocycles. The van der Waals surface area contributed by atoms with E-state index in [1.54, 1.807) is 6.92 Å². The van der Waals surface area contributed by atoms with Crippen LogP contribution >= 0.6 is 11.8 Å². The van der Waals surface area contributed by atoms with E-state index in [2.05, 4.69) is 4.51 Å². The van der Waals surface area contributed by atoms with Gasteiger partial charge >= 0.3 is 5.69 Å². The van der Waals surface area contributed by atoms with E-state index in [4.69, 9.17) is 16.5 Å². The number of ether oxygens (including phenoxy) is 1. The molecule has 0 bridgehead atoms. The molecule has 16 heavy (non-hydrogen) atoms. The van der Waals surface area contributed by atoms with Crippen LogP contribution in [-0.2, 0) is 4.74 Å². The second-order valence-corrected chi connectivity index (χ2v) is 2.95. The minimum absolute atomic E-state index is 0.106. The van der Waals surface area contributed by atoms with E-state index >= 15 is 0 Å². The first kappa shape index (κ1) is 12.3. The molecule has 0 fully saturated rings. The lowest BCUT2D eigenvalue weighted by Crippen LogP contribution is -2.05. The fraction of sp³-hybridized carbons (Fsp3) is 0.222. The van der Waals surface area contributed by atoms with Crippen molar-refractivity contribution in [2.75, 3.05) is 6.61 Å². The van der Waals surface area contributed by atoms with Gasteiger partial charge in [0.25, 0.3) is 0 Å². The summed E-state index contributed by atoms with van der Waals surface area (Å²) in [5.74, 6) is -0.352. The summed E-state index contributed by atoms with van der Waals surface area (Å²) in [7, 11) is 0. The van der Waals surface area contributed by atoms with Crippen LogP contribution in [0.1, 0.15) is 12.5 Å². The fourth-order valence-electron chi connectivity index (χ4n) is 1.10. The minimum atomic E-state index is -0.683. The Morgan fingerprint density at radius 1 is 1.69 bits per heavy atom. The highest BCUT2D eigenvalue weighted by atomic mass is 35.5. The van der Waals surface area contributed by atoms with Gasteiger partial charge in [0.1, 0.15) is 0 Å². The molecular weight excluding hydrogens is 236 g/mol. The van der Waals surface area contributed by atoms with Gasteiger partial charge in [0, 0.05) is 23.4 Å². The first-order chi connectivity index (χ1) is 7.60. The third kappa shape index (κ3) is 2.60. The van der Waals surface area contributed by atoms with Crippen LogP contribution in [-0.4, -0.2) is 22.5 Å². The number of phenolic OH excluding ortho intramolecular Hbond substituents is 1. The number of hydrogen-bond acceptors (Lipinski definition) is 5. The maximum Gasteiger partial charge on any atom is 0.310 e. The molecule has 1 aromatic rings. The number of nitrogens with zero attached hydrogens (tertiary/aromatic N) is 2. The maximum absolute atomic E-state index is 10.5. The molecule has 6 nitrogen and oxygen atoms in total. The van der Waals surface area contributed by atoms with Gasteiger partial charge in [-0.15, -0.1) is 4.51 Å². The number of phenols is 1. The fourth-order valence-corrected chi connectivity index (χ4v) is 1.25. The van der Waals surface area contributed by atoms with Crippen molar-refractivity contribution in [3.63, 3.8) is 0 Å².